The number of hydrogen-bond acceptors (Lipinski definition) is 3. The lowest BCUT2D eigenvalue weighted by Gasteiger charge is -2.12. The predicted molar refractivity (Wildman–Crippen MR) is 103 cm³/mol. The number of carbonyl (C=O) groups is 2. The first-order chi connectivity index (χ1) is 11.8. The van der Waals surface area contributed by atoms with Crippen LogP contribution in [0.4, 0.5) is 5.69 Å². The largest absolute Gasteiger partial charge is 0.481 e. The number of hydrogen-bond donors (Lipinski definition) is 1. The van der Waals surface area contributed by atoms with Crippen LogP contribution in [0.5, 0.6) is 5.75 Å². The number of nitrogens with zero attached hydrogens (tertiary/aromatic N) is 1. The van der Waals surface area contributed by atoms with Crippen LogP contribution < -0.4 is 10.1 Å². The van der Waals surface area contributed by atoms with Crippen LogP contribution in [0.1, 0.15) is 10.4 Å². The van der Waals surface area contributed by atoms with Crippen LogP contribution in [0.2, 0.25) is 10.0 Å². The molecule has 0 bridgehead atoms. The highest BCUT2D eigenvalue weighted by Gasteiger charge is 2.12. The lowest BCUT2D eigenvalue weighted by molar-refractivity contribution is -0.118. The molecule has 0 heterocycles. The summed E-state index contributed by atoms with van der Waals surface area (Å²) in [5.74, 6) is -0.124. The zero-order valence-electron chi connectivity index (χ0n) is 13.5. The van der Waals surface area contributed by atoms with Crippen LogP contribution in [0.3, 0.4) is 0 Å². The lowest BCUT2D eigenvalue weighted by atomic mass is 10.2. The van der Waals surface area contributed by atoms with Gasteiger partial charge < -0.3 is 15.0 Å². The molecule has 0 spiro atoms. The van der Waals surface area contributed by atoms with E-state index >= 15 is 0 Å². The van der Waals surface area contributed by atoms with Crippen molar-refractivity contribution >= 4 is 56.6 Å². The summed E-state index contributed by atoms with van der Waals surface area (Å²) in [6, 6.07) is 9.75. The summed E-state index contributed by atoms with van der Waals surface area (Å²) in [5.41, 5.74) is 1.10. The number of nitrogens with one attached hydrogen (secondary N) is 1. The second-order valence-electron chi connectivity index (χ2n) is 5.31. The Balaban J connectivity index is 1.96. The lowest BCUT2D eigenvalue weighted by Crippen LogP contribution is -2.22. The van der Waals surface area contributed by atoms with E-state index in [1.165, 1.54) is 11.0 Å². The Kier molecular flexibility index (Phi) is 6.70. The van der Waals surface area contributed by atoms with Crippen molar-refractivity contribution in [3.05, 3.63) is 56.5 Å². The minimum atomic E-state index is -0.357. The molecule has 0 radical (unpaired) electrons. The van der Waals surface area contributed by atoms with Crippen molar-refractivity contribution in [3.8, 4) is 5.75 Å². The van der Waals surface area contributed by atoms with Crippen molar-refractivity contribution in [2.75, 3.05) is 26.0 Å². The number of ether oxygens (including phenoxy) is 1. The second-order valence-corrected chi connectivity index (χ2v) is 7.01. The average Bonchev–Trinajstić information content (AvgIpc) is 2.53. The third-order valence-corrected chi connectivity index (χ3v) is 4.22. The normalized spacial score (nSPS) is 10.3. The molecule has 0 unspecified atom stereocenters. The zero-order valence-corrected chi connectivity index (χ0v) is 16.6. The first-order valence-electron chi connectivity index (χ1n) is 7.17. The van der Waals surface area contributed by atoms with Gasteiger partial charge in [0.05, 0.1) is 9.50 Å². The molecule has 0 saturated carbocycles. The summed E-state index contributed by atoms with van der Waals surface area (Å²) in [6.45, 7) is -0.224. The number of benzene rings is 2. The fraction of sp³-hybridized carbons (Fsp3) is 0.176. The van der Waals surface area contributed by atoms with Gasteiger partial charge in [-0.3, -0.25) is 9.59 Å². The molecule has 2 rings (SSSR count). The first kappa shape index (κ1) is 19.6. The van der Waals surface area contributed by atoms with Gasteiger partial charge in [-0.15, -0.1) is 0 Å². The summed E-state index contributed by atoms with van der Waals surface area (Å²) >= 11 is 15.2. The van der Waals surface area contributed by atoms with E-state index in [1.807, 2.05) is 0 Å². The van der Waals surface area contributed by atoms with Gasteiger partial charge in [0.2, 0.25) is 0 Å². The van der Waals surface area contributed by atoms with Gasteiger partial charge in [-0.25, -0.2) is 0 Å². The van der Waals surface area contributed by atoms with E-state index in [9.17, 15) is 9.59 Å². The molecular formula is C17H15BrCl2N2O3. The average molecular weight is 446 g/mol. The van der Waals surface area contributed by atoms with E-state index in [0.717, 1.165) is 0 Å². The highest BCUT2D eigenvalue weighted by Crippen LogP contribution is 2.35. The van der Waals surface area contributed by atoms with E-state index in [-0.39, 0.29) is 18.4 Å². The maximum absolute atomic E-state index is 12.0. The quantitative estimate of drug-likeness (QED) is 0.738. The van der Waals surface area contributed by atoms with Crippen molar-refractivity contribution in [1.29, 1.82) is 0 Å². The fourth-order valence-electron chi connectivity index (χ4n) is 1.96. The van der Waals surface area contributed by atoms with Crippen LogP contribution in [0, 0.1) is 0 Å². The molecule has 0 aromatic heterocycles. The van der Waals surface area contributed by atoms with Crippen molar-refractivity contribution in [2.24, 2.45) is 0 Å². The van der Waals surface area contributed by atoms with Gasteiger partial charge in [0, 0.05) is 30.4 Å². The number of carbonyl (C=O) groups excluding carboxylic acids is 2. The van der Waals surface area contributed by atoms with Crippen molar-refractivity contribution in [2.45, 2.75) is 0 Å². The molecule has 8 heteroatoms. The highest BCUT2D eigenvalue weighted by atomic mass is 79.9. The maximum Gasteiger partial charge on any atom is 0.262 e. The Morgan fingerprint density at radius 2 is 1.80 bits per heavy atom. The molecule has 0 fully saturated rings. The Labute approximate surface area is 164 Å². The van der Waals surface area contributed by atoms with Crippen LogP contribution in [-0.2, 0) is 4.79 Å². The molecule has 0 atom stereocenters. The summed E-state index contributed by atoms with van der Waals surface area (Å²) in [5, 5.41) is 3.45. The van der Waals surface area contributed by atoms with Crippen LogP contribution in [-0.4, -0.2) is 37.4 Å². The minimum Gasteiger partial charge on any atom is -0.481 e. The number of anilines is 1. The van der Waals surface area contributed by atoms with Gasteiger partial charge in [0.15, 0.2) is 12.4 Å². The molecule has 0 saturated heterocycles. The Hall–Kier alpha value is -1.76. The Morgan fingerprint density at radius 1 is 1.16 bits per heavy atom. The van der Waals surface area contributed by atoms with E-state index in [4.69, 9.17) is 27.9 Å². The third kappa shape index (κ3) is 5.36. The molecule has 2 amide bonds. The van der Waals surface area contributed by atoms with Gasteiger partial charge in [-0.05, 0) is 52.3 Å². The van der Waals surface area contributed by atoms with Crippen LogP contribution >= 0.6 is 39.1 Å². The molecule has 0 aliphatic heterocycles. The SMILES string of the molecule is CN(C)C(=O)c1ccc(NC(=O)COc2c(Cl)cc(Cl)cc2Br)cc1. The smallest absolute Gasteiger partial charge is 0.262 e. The molecule has 2 aromatic rings. The monoisotopic (exact) mass is 444 g/mol. The molecular weight excluding hydrogens is 431 g/mol. The molecule has 0 aliphatic rings. The number of halogens is 3. The molecule has 1 N–H and O–H groups in total. The fourth-order valence-corrected chi connectivity index (χ4v) is 3.32. The van der Waals surface area contributed by atoms with Crippen molar-refractivity contribution in [3.63, 3.8) is 0 Å². The van der Waals surface area contributed by atoms with E-state index in [2.05, 4.69) is 21.2 Å². The topological polar surface area (TPSA) is 58.6 Å². The second kappa shape index (κ2) is 8.56. The molecule has 2 aromatic carbocycles. The molecule has 0 aliphatic carbocycles. The zero-order chi connectivity index (χ0) is 18.6. The van der Waals surface area contributed by atoms with E-state index < -0.39 is 0 Å². The van der Waals surface area contributed by atoms with E-state index in [1.54, 1.807) is 44.4 Å². The maximum atomic E-state index is 12.0. The Morgan fingerprint density at radius 3 is 2.36 bits per heavy atom. The summed E-state index contributed by atoms with van der Waals surface area (Å²) < 4.78 is 6.00. The molecule has 5 nitrogen and oxygen atoms in total. The molecule has 25 heavy (non-hydrogen) atoms. The number of amides is 2. The first-order valence-corrected chi connectivity index (χ1v) is 8.71. The predicted octanol–water partition coefficient (Wildman–Crippen LogP) is 4.48. The van der Waals surface area contributed by atoms with Crippen LogP contribution in [0.25, 0.3) is 0 Å². The van der Waals surface area contributed by atoms with Gasteiger partial charge in [-0.2, -0.15) is 0 Å². The summed E-state index contributed by atoms with van der Waals surface area (Å²) in [6.07, 6.45) is 0. The standard InChI is InChI=1S/C17H15BrCl2N2O3/c1-22(2)17(24)10-3-5-12(6-4-10)21-15(23)9-25-16-13(18)7-11(19)8-14(16)20/h3-8H,9H2,1-2H3,(H,21,23). The van der Waals surface area contributed by atoms with Gasteiger partial charge >= 0.3 is 0 Å². The van der Waals surface area contributed by atoms with Gasteiger partial charge in [0.25, 0.3) is 11.8 Å². The summed E-state index contributed by atoms with van der Waals surface area (Å²) in [7, 11) is 3.35. The van der Waals surface area contributed by atoms with Crippen LogP contribution in [0.15, 0.2) is 40.9 Å². The third-order valence-electron chi connectivity index (χ3n) is 3.13. The minimum absolute atomic E-state index is 0.108. The Bertz CT molecular complexity index is 772. The van der Waals surface area contributed by atoms with Crippen molar-refractivity contribution in [1.82, 2.24) is 4.90 Å². The van der Waals surface area contributed by atoms with Gasteiger partial charge in [-0.1, -0.05) is 23.2 Å². The molecule has 132 valence electrons. The highest BCUT2D eigenvalue weighted by molar-refractivity contribution is 9.10. The van der Waals surface area contributed by atoms with E-state index in [0.29, 0.717) is 31.5 Å². The van der Waals surface area contributed by atoms with Gasteiger partial charge in [0.1, 0.15) is 0 Å². The summed E-state index contributed by atoms with van der Waals surface area (Å²) in [4.78, 5) is 25.3. The van der Waals surface area contributed by atoms with Crippen molar-refractivity contribution < 1.29 is 14.3 Å². The number of rotatable bonds is 5.